The molecular weight excluding hydrogens is 316 g/mol. The SMILES string of the molecule is Cc1ccc(F)cc1NC(=O)c1ccc(OCC(F)(F)F)nc1. The highest BCUT2D eigenvalue weighted by molar-refractivity contribution is 6.04. The second-order valence-corrected chi connectivity index (χ2v) is 4.70. The molecular formula is C15H12F4N2O2. The number of carbonyl (C=O) groups excluding carboxylic acids is 1. The summed E-state index contributed by atoms with van der Waals surface area (Å²) in [6.45, 7) is 0.232. The Labute approximate surface area is 129 Å². The molecule has 1 heterocycles. The molecule has 0 radical (unpaired) electrons. The Balaban J connectivity index is 2.04. The summed E-state index contributed by atoms with van der Waals surface area (Å²) < 4.78 is 53.6. The van der Waals surface area contributed by atoms with Crippen LogP contribution in [-0.2, 0) is 0 Å². The van der Waals surface area contributed by atoms with Crippen molar-refractivity contribution in [3.05, 3.63) is 53.5 Å². The summed E-state index contributed by atoms with van der Waals surface area (Å²) in [6.07, 6.45) is -3.39. The molecule has 0 bridgehead atoms. The van der Waals surface area contributed by atoms with Crippen LogP contribution in [0.15, 0.2) is 36.5 Å². The molecule has 1 aromatic heterocycles. The fourth-order valence-corrected chi connectivity index (χ4v) is 1.68. The van der Waals surface area contributed by atoms with Gasteiger partial charge in [-0.3, -0.25) is 4.79 Å². The highest BCUT2D eigenvalue weighted by Crippen LogP contribution is 2.19. The van der Waals surface area contributed by atoms with Crippen LogP contribution >= 0.6 is 0 Å². The maximum atomic E-state index is 13.2. The number of ether oxygens (including phenoxy) is 1. The molecule has 0 atom stereocenters. The number of rotatable bonds is 4. The predicted molar refractivity (Wildman–Crippen MR) is 74.9 cm³/mol. The third kappa shape index (κ3) is 4.94. The minimum atomic E-state index is -4.47. The fourth-order valence-electron chi connectivity index (χ4n) is 1.68. The highest BCUT2D eigenvalue weighted by atomic mass is 19.4. The Hall–Kier alpha value is -2.64. The van der Waals surface area contributed by atoms with Gasteiger partial charge in [0.2, 0.25) is 5.88 Å². The molecule has 23 heavy (non-hydrogen) atoms. The molecule has 0 aliphatic rings. The molecule has 0 saturated heterocycles. The fraction of sp³-hybridized carbons (Fsp3) is 0.200. The van der Waals surface area contributed by atoms with E-state index >= 15 is 0 Å². The van der Waals surface area contributed by atoms with E-state index in [-0.39, 0.29) is 11.4 Å². The average Bonchev–Trinajstić information content (AvgIpc) is 2.48. The van der Waals surface area contributed by atoms with Gasteiger partial charge in [-0.2, -0.15) is 13.2 Å². The second-order valence-electron chi connectivity index (χ2n) is 4.70. The number of hydrogen-bond donors (Lipinski definition) is 1. The lowest BCUT2D eigenvalue weighted by Gasteiger charge is -2.10. The van der Waals surface area contributed by atoms with Gasteiger partial charge >= 0.3 is 6.18 Å². The van der Waals surface area contributed by atoms with Crippen molar-refractivity contribution in [2.24, 2.45) is 0 Å². The molecule has 0 aliphatic heterocycles. The maximum absolute atomic E-state index is 13.2. The zero-order chi connectivity index (χ0) is 17.0. The number of anilines is 1. The van der Waals surface area contributed by atoms with Crippen LogP contribution in [0.25, 0.3) is 0 Å². The van der Waals surface area contributed by atoms with Crippen LogP contribution in [0.2, 0.25) is 0 Å². The van der Waals surface area contributed by atoms with E-state index < -0.39 is 24.5 Å². The first-order valence-corrected chi connectivity index (χ1v) is 6.48. The summed E-state index contributed by atoms with van der Waals surface area (Å²) in [5.74, 6) is -1.31. The van der Waals surface area contributed by atoms with Crippen LogP contribution in [0.5, 0.6) is 5.88 Å². The van der Waals surface area contributed by atoms with E-state index in [1.165, 1.54) is 24.3 Å². The van der Waals surface area contributed by atoms with E-state index in [2.05, 4.69) is 15.0 Å². The molecule has 0 aliphatic carbocycles. The Kier molecular flexibility index (Phi) is 4.83. The van der Waals surface area contributed by atoms with E-state index in [4.69, 9.17) is 0 Å². The van der Waals surface area contributed by atoms with Crippen molar-refractivity contribution in [1.29, 1.82) is 0 Å². The average molecular weight is 328 g/mol. The van der Waals surface area contributed by atoms with E-state index in [9.17, 15) is 22.4 Å². The standard InChI is InChI=1S/C15H12F4N2O2/c1-9-2-4-11(16)6-12(9)21-14(22)10-3-5-13(20-7-10)23-8-15(17,18)19/h2-7H,8H2,1H3,(H,21,22). The van der Waals surface area contributed by atoms with Crippen LogP contribution in [-0.4, -0.2) is 23.7 Å². The molecule has 0 fully saturated rings. The maximum Gasteiger partial charge on any atom is 0.422 e. The minimum absolute atomic E-state index is 0.105. The third-order valence-electron chi connectivity index (χ3n) is 2.83. The zero-order valence-corrected chi connectivity index (χ0v) is 11.9. The molecule has 2 rings (SSSR count). The number of amides is 1. The molecule has 0 spiro atoms. The van der Waals surface area contributed by atoms with Gasteiger partial charge in [-0.1, -0.05) is 6.07 Å². The van der Waals surface area contributed by atoms with Crippen molar-refractivity contribution < 1.29 is 27.1 Å². The number of halogens is 4. The lowest BCUT2D eigenvalue weighted by atomic mass is 10.2. The van der Waals surface area contributed by atoms with Crippen LogP contribution in [0.3, 0.4) is 0 Å². The van der Waals surface area contributed by atoms with Crippen molar-refractivity contribution in [3.8, 4) is 5.88 Å². The van der Waals surface area contributed by atoms with Gasteiger partial charge < -0.3 is 10.1 Å². The van der Waals surface area contributed by atoms with Crippen molar-refractivity contribution in [3.63, 3.8) is 0 Å². The largest absolute Gasteiger partial charge is 0.468 e. The van der Waals surface area contributed by atoms with Crippen molar-refractivity contribution in [2.75, 3.05) is 11.9 Å². The summed E-state index contributed by atoms with van der Waals surface area (Å²) in [5.41, 5.74) is 1.07. The van der Waals surface area contributed by atoms with Gasteiger partial charge in [-0.05, 0) is 30.7 Å². The summed E-state index contributed by atoms with van der Waals surface area (Å²) in [7, 11) is 0. The van der Waals surface area contributed by atoms with E-state index in [0.717, 1.165) is 12.3 Å². The third-order valence-corrected chi connectivity index (χ3v) is 2.83. The van der Waals surface area contributed by atoms with Gasteiger partial charge in [0.05, 0.1) is 5.56 Å². The number of alkyl halides is 3. The van der Waals surface area contributed by atoms with Crippen LogP contribution in [0, 0.1) is 12.7 Å². The number of carbonyl (C=O) groups is 1. The first kappa shape index (κ1) is 16.7. The predicted octanol–water partition coefficient (Wildman–Crippen LogP) is 3.72. The van der Waals surface area contributed by atoms with E-state index in [1.807, 2.05) is 0 Å². The van der Waals surface area contributed by atoms with E-state index in [1.54, 1.807) is 6.92 Å². The summed E-state index contributed by atoms with van der Waals surface area (Å²) in [6, 6.07) is 6.36. The van der Waals surface area contributed by atoms with Gasteiger partial charge in [0.15, 0.2) is 6.61 Å². The molecule has 8 heteroatoms. The Morgan fingerprint density at radius 3 is 2.61 bits per heavy atom. The lowest BCUT2D eigenvalue weighted by Crippen LogP contribution is -2.19. The first-order valence-electron chi connectivity index (χ1n) is 6.48. The van der Waals surface area contributed by atoms with Crippen molar-refractivity contribution in [2.45, 2.75) is 13.1 Å². The zero-order valence-electron chi connectivity index (χ0n) is 11.9. The topological polar surface area (TPSA) is 51.2 Å². The number of nitrogens with one attached hydrogen (secondary N) is 1. The molecule has 1 N–H and O–H groups in total. The lowest BCUT2D eigenvalue weighted by molar-refractivity contribution is -0.154. The van der Waals surface area contributed by atoms with Crippen LogP contribution < -0.4 is 10.1 Å². The molecule has 2 aromatic rings. The Bertz CT molecular complexity index is 700. The molecule has 0 unspecified atom stereocenters. The molecule has 0 saturated carbocycles. The number of aromatic nitrogens is 1. The van der Waals surface area contributed by atoms with Gasteiger partial charge in [0, 0.05) is 18.0 Å². The van der Waals surface area contributed by atoms with E-state index in [0.29, 0.717) is 11.3 Å². The second kappa shape index (κ2) is 6.64. The number of pyridine rings is 1. The van der Waals surface area contributed by atoms with Crippen LogP contribution in [0.1, 0.15) is 15.9 Å². The normalized spacial score (nSPS) is 11.2. The first-order chi connectivity index (χ1) is 10.7. The molecule has 122 valence electrons. The Morgan fingerprint density at radius 2 is 2.00 bits per heavy atom. The van der Waals surface area contributed by atoms with Gasteiger partial charge in [0.25, 0.3) is 5.91 Å². The van der Waals surface area contributed by atoms with Gasteiger partial charge in [0.1, 0.15) is 5.82 Å². The van der Waals surface area contributed by atoms with Gasteiger partial charge in [-0.25, -0.2) is 9.37 Å². The number of benzene rings is 1. The Morgan fingerprint density at radius 1 is 1.26 bits per heavy atom. The monoisotopic (exact) mass is 328 g/mol. The molecule has 1 aromatic carbocycles. The number of aryl methyl sites for hydroxylation is 1. The molecule has 4 nitrogen and oxygen atoms in total. The smallest absolute Gasteiger partial charge is 0.422 e. The number of nitrogens with zero attached hydrogens (tertiary/aromatic N) is 1. The quantitative estimate of drug-likeness (QED) is 0.870. The van der Waals surface area contributed by atoms with Crippen molar-refractivity contribution in [1.82, 2.24) is 4.98 Å². The highest BCUT2D eigenvalue weighted by Gasteiger charge is 2.28. The van der Waals surface area contributed by atoms with Crippen LogP contribution in [0.4, 0.5) is 23.2 Å². The summed E-state index contributed by atoms with van der Waals surface area (Å²) in [5, 5.41) is 2.50. The molecule has 1 amide bonds. The summed E-state index contributed by atoms with van der Waals surface area (Å²) >= 11 is 0. The number of hydrogen-bond acceptors (Lipinski definition) is 3. The van der Waals surface area contributed by atoms with Gasteiger partial charge in [-0.15, -0.1) is 0 Å². The van der Waals surface area contributed by atoms with Crippen molar-refractivity contribution >= 4 is 11.6 Å². The summed E-state index contributed by atoms with van der Waals surface area (Å²) in [4.78, 5) is 15.6. The minimum Gasteiger partial charge on any atom is -0.468 e.